The number of hydrogen-bond donors (Lipinski definition) is 6. The maximum atomic E-state index is 5.78. The predicted molar refractivity (Wildman–Crippen MR) is 144 cm³/mol. The van der Waals surface area contributed by atoms with Crippen LogP contribution in [0, 0.1) is 0 Å². The second-order valence-electron chi connectivity index (χ2n) is 8.67. The lowest BCUT2D eigenvalue weighted by Gasteiger charge is -2.30. The third-order valence-electron chi connectivity index (χ3n) is 6.05. The molecule has 0 amide bonds. The molecule has 0 aliphatic carbocycles. The molecule has 0 aliphatic heterocycles. The Kier molecular flexibility index (Phi) is 24.4. The van der Waals surface area contributed by atoms with Crippen LogP contribution in [0.1, 0.15) is 19.8 Å². The summed E-state index contributed by atoms with van der Waals surface area (Å²) < 4.78 is 0. The summed E-state index contributed by atoms with van der Waals surface area (Å²) in [6, 6.07) is 0. The van der Waals surface area contributed by atoms with Crippen LogP contribution in [0.25, 0.3) is 0 Å². The van der Waals surface area contributed by atoms with E-state index in [1.54, 1.807) is 0 Å². The Morgan fingerprint density at radius 1 is 0.485 bits per heavy atom. The van der Waals surface area contributed by atoms with Crippen LogP contribution in [-0.2, 0) is 0 Å². The molecule has 10 nitrogen and oxygen atoms in total. The van der Waals surface area contributed by atoms with Crippen LogP contribution in [0.2, 0.25) is 0 Å². The van der Waals surface area contributed by atoms with E-state index in [4.69, 9.17) is 22.9 Å². The molecule has 10 N–H and O–H groups in total. The second-order valence-corrected chi connectivity index (χ2v) is 8.67. The highest BCUT2D eigenvalue weighted by molar-refractivity contribution is 4.69. The van der Waals surface area contributed by atoms with Gasteiger partial charge < -0.3 is 43.4 Å². The fourth-order valence-corrected chi connectivity index (χ4v) is 3.95. The Balaban J connectivity index is 4.64. The van der Waals surface area contributed by atoms with Crippen molar-refractivity contribution < 1.29 is 0 Å². The molecule has 0 spiro atoms. The van der Waals surface area contributed by atoms with Crippen LogP contribution in [-0.4, -0.2) is 151 Å². The number of nitrogens with one attached hydrogen (secondary N) is 2. The lowest BCUT2D eigenvalue weighted by Crippen LogP contribution is -2.45. The molecule has 10 heteroatoms. The third-order valence-corrected chi connectivity index (χ3v) is 6.05. The number of nitrogens with zero attached hydrogens (tertiary/aromatic N) is 4. The summed E-state index contributed by atoms with van der Waals surface area (Å²) in [6.45, 7) is 20.4. The van der Waals surface area contributed by atoms with Gasteiger partial charge in [0.05, 0.1) is 0 Å². The van der Waals surface area contributed by atoms with Crippen molar-refractivity contribution in [2.24, 2.45) is 22.9 Å². The Morgan fingerprint density at radius 2 is 0.939 bits per heavy atom. The first kappa shape index (κ1) is 32.6. The number of likely N-dealkylation sites (N-methyl/N-ethyl adjacent to an activating group) is 2. The zero-order chi connectivity index (χ0) is 24.6. The number of rotatable bonds is 26. The Bertz CT molecular complexity index is 382. The minimum atomic E-state index is 0.681. The predicted octanol–water partition coefficient (Wildman–Crippen LogP) is -2.36. The van der Waals surface area contributed by atoms with Gasteiger partial charge in [-0.05, 0) is 39.5 Å². The van der Waals surface area contributed by atoms with E-state index in [0.717, 1.165) is 105 Å². The van der Waals surface area contributed by atoms with Crippen LogP contribution in [0.15, 0.2) is 0 Å². The van der Waals surface area contributed by atoms with Gasteiger partial charge in [0.15, 0.2) is 0 Å². The SMILES string of the molecule is CCN(CCN)CCCCN(CCNCCN)CCN(CCNC)CCN(CCN)CCN. The maximum Gasteiger partial charge on any atom is 0.0110 e. The first-order valence-electron chi connectivity index (χ1n) is 13.2. The van der Waals surface area contributed by atoms with Crippen molar-refractivity contribution in [1.29, 1.82) is 0 Å². The summed E-state index contributed by atoms with van der Waals surface area (Å²) in [6.07, 6.45) is 2.44. The summed E-state index contributed by atoms with van der Waals surface area (Å²) in [5.74, 6) is 0. The van der Waals surface area contributed by atoms with Gasteiger partial charge in [0, 0.05) is 105 Å². The topological polar surface area (TPSA) is 141 Å². The normalized spacial score (nSPS) is 12.2. The van der Waals surface area contributed by atoms with Gasteiger partial charge >= 0.3 is 0 Å². The summed E-state index contributed by atoms with van der Waals surface area (Å²) in [7, 11) is 2.02. The molecule has 0 bridgehead atoms. The van der Waals surface area contributed by atoms with E-state index in [2.05, 4.69) is 37.2 Å². The van der Waals surface area contributed by atoms with Crippen molar-refractivity contribution >= 4 is 0 Å². The monoisotopic (exact) mass is 474 g/mol. The molecule has 0 aromatic heterocycles. The minimum absolute atomic E-state index is 0.681. The molecule has 0 saturated heterocycles. The quantitative estimate of drug-likeness (QED) is 0.0754. The van der Waals surface area contributed by atoms with Crippen LogP contribution < -0.4 is 33.6 Å². The Labute approximate surface area is 204 Å². The number of nitrogens with two attached hydrogens (primary N) is 4. The molecule has 0 fully saturated rings. The molecule has 0 atom stereocenters. The molecular weight excluding hydrogens is 416 g/mol. The third kappa shape index (κ3) is 19.6. The van der Waals surface area contributed by atoms with Crippen molar-refractivity contribution in [3.8, 4) is 0 Å². The highest BCUT2D eigenvalue weighted by atomic mass is 15.2. The van der Waals surface area contributed by atoms with Crippen molar-refractivity contribution in [3.63, 3.8) is 0 Å². The largest absolute Gasteiger partial charge is 0.329 e. The van der Waals surface area contributed by atoms with E-state index in [0.29, 0.717) is 19.6 Å². The fraction of sp³-hybridized carbons (Fsp3) is 1.00. The molecule has 200 valence electrons. The lowest BCUT2D eigenvalue weighted by atomic mass is 10.2. The van der Waals surface area contributed by atoms with Gasteiger partial charge in [-0.2, -0.15) is 0 Å². The van der Waals surface area contributed by atoms with E-state index in [9.17, 15) is 0 Å². The molecule has 0 heterocycles. The van der Waals surface area contributed by atoms with Crippen molar-refractivity contribution in [3.05, 3.63) is 0 Å². The van der Waals surface area contributed by atoms with Gasteiger partial charge in [0.25, 0.3) is 0 Å². The van der Waals surface area contributed by atoms with Gasteiger partial charge in [0.2, 0.25) is 0 Å². The number of unbranched alkanes of at least 4 members (excludes halogenated alkanes) is 1. The molecule has 0 rings (SSSR count). The zero-order valence-electron chi connectivity index (χ0n) is 21.9. The minimum Gasteiger partial charge on any atom is -0.329 e. The fourth-order valence-electron chi connectivity index (χ4n) is 3.95. The molecule has 0 aromatic carbocycles. The van der Waals surface area contributed by atoms with E-state index in [1.165, 1.54) is 12.8 Å². The van der Waals surface area contributed by atoms with Crippen LogP contribution >= 0.6 is 0 Å². The van der Waals surface area contributed by atoms with Crippen LogP contribution in [0.5, 0.6) is 0 Å². The molecule has 0 unspecified atom stereocenters. The molecule has 0 saturated carbocycles. The first-order chi connectivity index (χ1) is 16.1. The van der Waals surface area contributed by atoms with Gasteiger partial charge in [0.1, 0.15) is 0 Å². The Morgan fingerprint density at radius 3 is 1.42 bits per heavy atom. The highest BCUT2D eigenvalue weighted by Crippen LogP contribution is 2.00. The van der Waals surface area contributed by atoms with Crippen molar-refractivity contribution in [2.75, 3.05) is 131 Å². The molecule has 0 radical (unpaired) electrons. The van der Waals surface area contributed by atoms with Crippen LogP contribution in [0.3, 0.4) is 0 Å². The van der Waals surface area contributed by atoms with E-state index in [-0.39, 0.29) is 0 Å². The van der Waals surface area contributed by atoms with Crippen molar-refractivity contribution in [2.45, 2.75) is 19.8 Å². The van der Waals surface area contributed by atoms with E-state index in [1.807, 2.05) is 7.05 Å². The van der Waals surface area contributed by atoms with Gasteiger partial charge in [-0.3, -0.25) is 9.80 Å². The number of hydrogen-bond acceptors (Lipinski definition) is 10. The maximum absolute atomic E-state index is 5.78. The standard InChI is InChI=1S/C23H58N10/c1-3-30(15-7-25)13-4-5-14-31(19-12-29-10-6-24)20-22-33(18-11-28-2)23-21-32(16-8-26)17-9-27/h28-29H,3-27H2,1-2H3. The summed E-state index contributed by atoms with van der Waals surface area (Å²) >= 11 is 0. The summed E-state index contributed by atoms with van der Waals surface area (Å²) in [4.78, 5) is 9.99. The van der Waals surface area contributed by atoms with E-state index >= 15 is 0 Å². The Hall–Kier alpha value is -0.400. The molecule has 33 heavy (non-hydrogen) atoms. The van der Waals surface area contributed by atoms with E-state index < -0.39 is 0 Å². The summed E-state index contributed by atoms with van der Waals surface area (Å²) in [5, 5.41) is 6.74. The zero-order valence-corrected chi connectivity index (χ0v) is 21.9. The highest BCUT2D eigenvalue weighted by Gasteiger charge is 2.12. The second kappa shape index (κ2) is 24.7. The molecule has 0 aromatic rings. The first-order valence-corrected chi connectivity index (χ1v) is 13.2. The van der Waals surface area contributed by atoms with Gasteiger partial charge in [-0.15, -0.1) is 0 Å². The smallest absolute Gasteiger partial charge is 0.0110 e. The van der Waals surface area contributed by atoms with Gasteiger partial charge in [-0.1, -0.05) is 6.92 Å². The lowest BCUT2D eigenvalue weighted by molar-refractivity contribution is 0.176. The average Bonchev–Trinajstić information content (AvgIpc) is 2.82. The average molecular weight is 475 g/mol. The van der Waals surface area contributed by atoms with Crippen molar-refractivity contribution in [1.82, 2.24) is 30.2 Å². The molecular formula is C23H58N10. The van der Waals surface area contributed by atoms with Crippen LogP contribution in [0.4, 0.5) is 0 Å². The summed E-state index contributed by atoms with van der Waals surface area (Å²) in [5.41, 5.74) is 22.9. The molecule has 0 aliphatic rings. The van der Waals surface area contributed by atoms with Gasteiger partial charge in [-0.25, -0.2) is 0 Å².